The molecule has 11 heteroatoms. The zero-order chi connectivity index (χ0) is 23.9. The Morgan fingerprint density at radius 3 is 2.74 bits per heavy atom. The first-order valence-corrected chi connectivity index (χ1v) is 11.0. The van der Waals surface area contributed by atoms with Crippen LogP contribution in [0.3, 0.4) is 0 Å². The largest absolute Gasteiger partial charge is 0.456 e. The average Bonchev–Trinajstić information content (AvgIpc) is 3.48. The van der Waals surface area contributed by atoms with E-state index in [9.17, 15) is 19.7 Å². The number of nitrogens with zero attached hydrogens (tertiary/aromatic N) is 2. The summed E-state index contributed by atoms with van der Waals surface area (Å²) in [5.74, 6) is -0.210. The molecule has 1 aromatic heterocycles. The number of nitrogens with one attached hydrogen (secondary N) is 1. The lowest BCUT2D eigenvalue weighted by atomic mass is 10.1. The van der Waals surface area contributed by atoms with Crippen LogP contribution < -0.4 is 14.8 Å². The Bertz CT molecular complexity index is 1240. The zero-order valence-corrected chi connectivity index (χ0v) is 18.6. The molecule has 3 aromatic rings. The molecule has 1 aliphatic heterocycles. The first-order valence-electron chi connectivity index (χ1n) is 10.1. The summed E-state index contributed by atoms with van der Waals surface area (Å²) in [7, 11) is 0. The molecule has 10 nitrogen and oxygen atoms in total. The number of carbonyl (C=O) groups excluding carboxylic acids is 2. The highest BCUT2D eigenvalue weighted by Crippen LogP contribution is 2.38. The number of fused-ring (bicyclic) bond motifs is 1. The summed E-state index contributed by atoms with van der Waals surface area (Å²) < 4.78 is 15.5. The lowest BCUT2D eigenvalue weighted by molar-refractivity contribution is -0.385. The van der Waals surface area contributed by atoms with Crippen molar-refractivity contribution in [1.29, 1.82) is 0 Å². The van der Waals surface area contributed by atoms with Gasteiger partial charge in [0.25, 0.3) is 5.69 Å². The highest BCUT2D eigenvalue weighted by molar-refractivity contribution is 7.09. The third kappa shape index (κ3) is 5.95. The van der Waals surface area contributed by atoms with Gasteiger partial charge in [-0.25, -0.2) is 9.78 Å². The number of rotatable bonds is 9. The summed E-state index contributed by atoms with van der Waals surface area (Å²) in [6.45, 7) is 0.323. The Labute approximate surface area is 197 Å². The molecule has 1 amide bonds. The number of nitro groups is 1. The maximum atomic E-state index is 12.1. The second-order valence-corrected chi connectivity index (χ2v) is 8.08. The maximum Gasteiger partial charge on any atom is 0.331 e. The molecule has 0 saturated carbocycles. The Balaban J connectivity index is 1.27. The first kappa shape index (κ1) is 22.9. The van der Waals surface area contributed by atoms with Gasteiger partial charge in [-0.05, 0) is 17.7 Å². The fourth-order valence-electron chi connectivity index (χ4n) is 3.08. The van der Waals surface area contributed by atoms with E-state index >= 15 is 0 Å². The smallest absolute Gasteiger partial charge is 0.331 e. The highest BCUT2D eigenvalue weighted by atomic mass is 32.1. The van der Waals surface area contributed by atoms with Crippen LogP contribution in [0.2, 0.25) is 0 Å². The van der Waals surface area contributed by atoms with Gasteiger partial charge in [-0.2, -0.15) is 0 Å². The molecule has 0 fully saturated rings. The molecular formula is C23H19N3O7S. The van der Waals surface area contributed by atoms with Crippen LogP contribution in [0, 0.1) is 10.1 Å². The number of amides is 1. The van der Waals surface area contributed by atoms with E-state index in [2.05, 4.69) is 10.3 Å². The minimum absolute atomic E-state index is 0.0218. The van der Waals surface area contributed by atoms with Crippen LogP contribution in [0.25, 0.3) is 6.08 Å². The van der Waals surface area contributed by atoms with E-state index in [1.54, 1.807) is 5.38 Å². The fraction of sp³-hybridized carbons (Fsp3) is 0.174. The Hall–Kier alpha value is -4.25. The number of benzene rings is 2. The Morgan fingerprint density at radius 1 is 1.21 bits per heavy atom. The molecule has 1 aliphatic rings. The summed E-state index contributed by atoms with van der Waals surface area (Å²) in [6, 6.07) is 12.2. The minimum atomic E-state index is -0.692. The van der Waals surface area contributed by atoms with E-state index in [0.29, 0.717) is 23.0 Å². The lowest BCUT2D eigenvalue weighted by Gasteiger charge is -2.03. The maximum absolute atomic E-state index is 12.1. The molecule has 1 N–H and O–H groups in total. The molecule has 0 atom stereocenters. The van der Waals surface area contributed by atoms with E-state index in [4.69, 9.17) is 14.2 Å². The number of hydrogen-bond acceptors (Lipinski definition) is 9. The highest BCUT2D eigenvalue weighted by Gasteiger charge is 2.22. The van der Waals surface area contributed by atoms with Crippen LogP contribution in [-0.4, -0.2) is 28.6 Å². The number of aromatic nitrogens is 1. The van der Waals surface area contributed by atoms with Gasteiger partial charge in [0.05, 0.1) is 28.7 Å². The second-order valence-electron chi connectivity index (χ2n) is 7.13. The molecule has 0 unspecified atom stereocenters. The van der Waals surface area contributed by atoms with Crippen LogP contribution in [0.4, 0.5) is 5.69 Å². The third-order valence-electron chi connectivity index (χ3n) is 4.72. The molecule has 34 heavy (non-hydrogen) atoms. The number of nitro benzene ring substituents is 1. The predicted molar refractivity (Wildman–Crippen MR) is 122 cm³/mol. The molecule has 174 valence electrons. The molecule has 2 aromatic carbocycles. The van der Waals surface area contributed by atoms with E-state index in [1.807, 2.05) is 30.3 Å². The first-order chi connectivity index (χ1) is 16.5. The normalized spacial score (nSPS) is 12.0. The standard InChI is InChI=1S/C23H19N3O7S/c27-21(24-11-15-4-2-1-3-5-15)10-22-25-17(13-34-22)12-31-23(28)7-6-16-8-19-20(33-14-32-19)9-18(16)26(29)30/h1-9,13H,10-12,14H2,(H,24,27)/b7-6+. The number of ether oxygens (including phenoxy) is 3. The van der Waals surface area contributed by atoms with Gasteiger partial charge in [0.15, 0.2) is 11.5 Å². The zero-order valence-electron chi connectivity index (χ0n) is 17.8. The van der Waals surface area contributed by atoms with Crippen LogP contribution in [0.5, 0.6) is 11.5 Å². The van der Waals surface area contributed by atoms with Gasteiger partial charge in [-0.3, -0.25) is 14.9 Å². The van der Waals surface area contributed by atoms with Gasteiger partial charge in [0.2, 0.25) is 12.7 Å². The summed E-state index contributed by atoms with van der Waals surface area (Å²) >= 11 is 1.30. The van der Waals surface area contributed by atoms with Crippen molar-refractivity contribution in [2.75, 3.05) is 6.79 Å². The second kappa shape index (κ2) is 10.6. The molecule has 0 bridgehead atoms. The van der Waals surface area contributed by atoms with Crippen molar-refractivity contribution < 1.29 is 28.7 Å². The SMILES string of the molecule is O=C(Cc1nc(COC(=O)/C=C/c2cc3c(cc2[N+](=O)[O-])OCO3)cs1)NCc1ccccc1. The molecule has 0 radical (unpaired) electrons. The monoisotopic (exact) mass is 481 g/mol. The van der Waals surface area contributed by atoms with Crippen LogP contribution in [0.15, 0.2) is 53.9 Å². The van der Waals surface area contributed by atoms with Crippen molar-refractivity contribution >= 4 is 35.0 Å². The van der Waals surface area contributed by atoms with Crippen molar-refractivity contribution in [3.8, 4) is 11.5 Å². The van der Waals surface area contributed by atoms with Gasteiger partial charge in [0, 0.05) is 18.0 Å². The van der Waals surface area contributed by atoms with Crippen LogP contribution >= 0.6 is 11.3 Å². The number of hydrogen-bond donors (Lipinski definition) is 1. The van der Waals surface area contributed by atoms with Crippen LogP contribution in [-0.2, 0) is 33.9 Å². The summed E-state index contributed by atoms with van der Waals surface area (Å²) in [5, 5.41) is 16.4. The molecule has 0 aliphatic carbocycles. The summed E-state index contributed by atoms with van der Waals surface area (Å²) in [6.07, 6.45) is 2.50. The van der Waals surface area contributed by atoms with Crippen LogP contribution in [0.1, 0.15) is 21.8 Å². The van der Waals surface area contributed by atoms with E-state index < -0.39 is 10.9 Å². The quantitative estimate of drug-likeness (QED) is 0.213. The number of carbonyl (C=O) groups is 2. The van der Waals surface area contributed by atoms with Gasteiger partial charge >= 0.3 is 5.97 Å². The molecule has 0 spiro atoms. The molecule has 4 rings (SSSR count). The van der Waals surface area contributed by atoms with Crippen molar-refractivity contribution in [3.63, 3.8) is 0 Å². The van der Waals surface area contributed by atoms with Crippen molar-refractivity contribution in [2.24, 2.45) is 0 Å². The third-order valence-corrected chi connectivity index (χ3v) is 5.62. The Morgan fingerprint density at radius 2 is 1.97 bits per heavy atom. The van der Waals surface area contributed by atoms with Gasteiger partial charge in [-0.1, -0.05) is 30.3 Å². The van der Waals surface area contributed by atoms with Crippen molar-refractivity contribution in [1.82, 2.24) is 10.3 Å². The van der Waals surface area contributed by atoms with E-state index in [1.165, 1.54) is 29.5 Å². The number of thiazole rings is 1. The van der Waals surface area contributed by atoms with Gasteiger partial charge in [-0.15, -0.1) is 11.3 Å². The fourth-order valence-corrected chi connectivity index (χ4v) is 3.86. The lowest BCUT2D eigenvalue weighted by Crippen LogP contribution is -2.24. The van der Waals surface area contributed by atoms with Crippen molar-refractivity contribution in [3.05, 3.63) is 85.9 Å². The molecule has 0 saturated heterocycles. The van der Waals surface area contributed by atoms with E-state index in [0.717, 1.165) is 11.6 Å². The Kier molecular flexibility index (Phi) is 7.13. The average molecular weight is 481 g/mol. The number of esters is 1. The summed E-state index contributed by atoms with van der Waals surface area (Å²) in [5.41, 5.74) is 1.47. The minimum Gasteiger partial charge on any atom is -0.456 e. The van der Waals surface area contributed by atoms with E-state index in [-0.39, 0.29) is 42.7 Å². The summed E-state index contributed by atoms with van der Waals surface area (Å²) in [4.78, 5) is 39.2. The topological polar surface area (TPSA) is 130 Å². The molecule has 2 heterocycles. The predicted octanol–water partition coefficient (Wildman–Crippen LogP) is 3.40. The van der Waals surface area contributed by atoms with Crippen molar-refractivity contribution in [2.45, 2.75) is 19.6 Å². The molecular weight excluding hydrogens is 462 g/mol. The van der Waals surface area contributed by atoms with Gasteiger partial charge in [0.1, 0.15) is 11.6 Å². The van der Waals surface area contributed by atoms with Gasteiger partial charge < -0.3 is 19.5 Å².